The van der Waals surface area contributed by atoms with Crippen LogP contribution in [0.3, 0.4) is 0 Å². The molecule has 0 radical (unpaired) electrons. The van der Waals surface area contributed by atoms with Crippen LogP contribution in [0.1, 0.15) is 38.7 Å². The van der Waals surface area contributed by atoms with Gasteiger partial charge in [-0.05, 0) is 86.8 Å². The molecule has 0 spiro atoms. The Kier molecular flexibility index (Phi) is 11.7. The van der Waals surface area contributed by atoms with Crippen molar-refractivity contribution in [3.05, 3.63) is 64.3 Å². The molecule has 5 rings (SSSR count). The minimum Gasteiger partial charge on any atom is -0.481 e. The van der Waals surface area contributed by atoms with Gasteiger partial charge in [-0.1, -0.05) is 30.1 Å². The van der Waals surface area contributed by atoms with Gasteiger partial charge in [0, 0.05) is 67.9 Å². The summed E-state index contributed by atoms with van der Waals surface area (Å²) in [5.41, 5.74) is 2.59. The Morgan fingerprint density at radius 1 is 1.00 bits per heavy atom. The SMILES string of the molecule is CC(=O)NCC1CCN(Cc2cc(Oc3ccc(N4CCN(CCC(C)C(=O)O)CC4)nc3)nc(-c3cc(Cl)cc(Cl)c3)c2)CC1. The Morgan fingerprint density at radius 3 is 2.35 bits per heavy atom. The number of hydrogen-bond donors (Lipinski definition) is 2. The summed E-state index contributed by atoms with van der Waals surface area (Å²) in [6.45, 7) is 10.9. The number of hydrogen-bond acceptors (Lipinski definition) is 8. The van der Waals surface area contributed by atoms with Gasteiger partial charge in [-0.2, -0.15) is 0 Å². The van der Waals surface area contributed by atoms with Gasteiger partial charge in [0.2, 0.25) is 11.8 Å². The minimum atomic E-state index is -0.742. The number of carboxylic acids is 1. The lowest BCUT2D eigenvalue weighted by Gasteiger charge is -2.35. The lowest BCUT2D eigenvalue weighted by molar-refractivity contribution is -0.141. The van der Waals surface area contributed by atoms with Crippen LogP contribution in [0, 0.1) is 11.8 Å². The molecule has 2 fully saturated rings. The smallest absolute Gasteiger partial charge is 0.306 e. The van der Waals surface area contributed by atoms with Gasteiger partial charge in [-0.25, -0.2) is 9.97 Å². The fraction of sp³-hybridized carbons (Fsp3) is 0.471. The number of likely N-dealkylation sites (tertiary alicyclic amines) is 1. The van der Waals surface area contributed by atoms with Gasteiger partial charge in [-0.15, -0.1) is 0 Å². The molecule has 1 unspecified atom stereocenters. The third-order valence-electron chi connectivity index (χ3n) is 8.71. The van der Waals surface area contributed by atoms with Crippen molar-refractivity contribution in [1.29, 1.82) is 0 Å². The van der Waals surface area contributed by atoms with E-state index in [9.17, 15) is 9.59 Å². The van der Waals surface area contributed by atoms with Gasteiger partial charge >= 0.3 is 5.97 Å². The maximum absolute atomic E-state index is 11.3. The summed E-state index contributed by atoms with van der Waals surface area (Å²) < 4.78 is 6.26. The second-order valence-electron chi connectivity index (χ2n) is 12.3. The number of piperazine rings is 1. The number of piperidine rings is 1. The molecule has 1 atom stereocenters. The van der Waals surface area contributed by atoms with Gasteiger partial charge in [-0.3, -0.25) is 19.4 Å². The molecule has 2 saturated heterocycles. The highest BCUT2D eigenvalue weighted by Gasteiger charge is 2.22. The van der Waals surface area contributed by atoms with Gasteiger partial charge in [0.05, 0.1) is 17.8 Å². The van der Waals surface area contributed by atoms with Crippen LogP contribution in [-0.2, 0) is 16.1 Å². The van der Waals surface area contributed by atoms with E-state index in [1.807, 2.05) is 30.3 Å². The molecule has 46 heavy (non-hydrogen) atoms. The highest BCUT2D eigenvalue weighted by Crippen LogP contribution is 2.31. The number of benzene rings is 1. The van der Waals surface area contributed by atoms with Crippen LogP contribution in [0.15, 0.2) is 48.7 Å². The lowest BCUT2D eigenvalue weighted by atomic mass is 9.96. The summed E-state index contributed by atoms with van der Waals surface area (Å²) in [5.74, 6) is 1.36. The number of amides is 1. The first kappa shape index (κ1) is 33.9. The number of nitrogens with one attached hydrogen (secondary N) is 1. The molecule has 10 nitrogen and oxygen atoms in total. The number of anilines is 1. The van der Waals surface area contributed by atoms with Crippen LogP contribution in [-0.4, -0.2) is 89.1 Å². The molecule has 0 bridgehead atoms. The maximum Gasteiger partial charge on any atom is 0.306 e. The van der Waals surface area contributed by atoms with Crippen molar-refractivity contribution in [2.24, 2.45) is 11.8 Å². The molecule has 246 valence electrons. The summed E-state index contributed by atoms with van der Waals surface area (Å²) in [6, 6.07) is 13.3. The second-order valence-corrected chi connectivity index (χ2v) is 13.2. The number of carboxylic acid groups (broad SMARTS) is 1. The van der Waals surface area contributed by atoms with Gasteiger partial charge in [0.15, 0.2) is 0 Å². The number of aliphatic carboxylic acids is 1. The first-order chi connectivity index (χ1) is 22.1. The Bertz CT molecular complexity index is 1470. The number of aromatic nitrogens is 2. The lowest BCUT2D eigenvalue weighted by Crippen LogP contribution is -2.47. The van der Waals surface area contributed by atoms with Crippen molar-refractivity contribution in [1.82, 2.24) is 25.1 Å². The van der Waals surface area contributed by atoms with Crippen molar-refractivity contribution in [3.8, 4) is 22.9 Å². The average molecular weight is 670 g/mol. The Labute approximate surface area is 280 Å². The van der Waals surface area contributed by atoms with Crippen LogP contribution < -0.4 is 15.0 Å². The molecule has 1 aromatic carbocycles. The Hall–Kier alpha value is -3.44. The standard InChI is InChI=1S/C34H42Cl2N6O4/c1-23(34(44)45)5-8-40-11-13-42(14-12-40)32-4-3-30(21-38-32)46-33-16-26(15-31(39-33)27-17-28(35)19-29(36)18-27)22-41-9-6-25(7-10-41)20-37-24(2)43/h3-4,15-19,21,23,25H,5-14,20,22H2,1-2H3,(H,37,43)(H,44,45). The summed E-state index contributed by atoms with van der Waals surface area (Å²) in [7, 11) is 0. The zero-order valence-corrected chi connectivity index (χ0v) is 27.9. The molecule has 0 saturated carbocycles. The number of carbonyl (C=O) groups excluding carboxylic acids is 1. The van der Waals surface area contributed by atoms with Crippen LogP contribution in [0.5, 0.6) is 11.6 Å². The molecule has 2 aliphatic heterocycles. The van der Waals surface area contributed by atoms with E-state index in [2.05, 4.69) is 31.1 Å². The highest BCUT2D eigenvalue weighted by atomic mass is 35.5. The minimum absolute atomic E-state index is 0.0181. The summed E-state index contributed by atoms with van der Waals surface area (Å²) in [6.07, 6.45) is 4.44. The summed E-state index contributed by atoms with van der Waals surface area (Å²) >= 11 is 12.7. The molecule has 1 amide bonds. The number of nitrogens with zero attached hydrogens (tertiary/aromatic N) is 5. The molecule has 2 aromatic heterocycles. The van der Waals surface area contributed by atoms with Gasteiger partial charge < -0.3 is 20.1 Å². The largest absolute Gasteiger partial charge is 0.481 e. The van der Waals surface area contributed by atoms with E-state index in [0.717, 1.165) is 94.4 Å². The van der Waals surface area contributed by atoms with Crippen molar-refractivity contribution in [2.45, 2.75) is 39.7 Å². The third kappa shape index (κ3) is 9.78. The zero-order chi connectivity index (χ0) is 32.6. The predicted octanol–water partition coefficient (Wildman–Crippen LogP) is 5.82. The molecule has 2 N–H and O–H groups in total. The first-order valence-corrected chi connectivity index (χ1v) is 16.6. The van der Waals surface area contributed by atoms with Gasteiger partial charge in [0.25, 0.3) is 0 Å². The van der Waals surface area contributed by atoms with Crippen LogP contribution in [0.2, 0.25) is 10.0 Å². The molecule has 4 heterocycles. The van der Waals surface area contributed by atoms with E-state index in [1.54, 1.807) is 26.1 Å². The van der Waals surface area contributed by atoms with E-state index >= 15 is 0 Å². The topological polar surface area (TPSA) is 111 Å². The molecule has 3 aromatic rings. The molecule has 12 heteroatoms. The number of halogens is 2. The predicted molar refractivity (Wildman–Crippen MR) is 181 cm³/mol. The monoisotopic (exact) mass is 668 g/mol. The summed E-state index contributed by atoms with van der Waals surface area (Å²) in [5, 5.41) is 13.2. The van der Waals surface area contributed by atoms with E-state index < -0.39 is 5.97 Å². The normalized spacial score (nSPS) is 17.1. The fourth-order valence-electron chi connectivity index (χ4n) is 5.89. The average Bonchev–Trinajstić information content (AvgIpc) is 3.03. The molecular weight excluding hydrogens is 627 g/mol. The van der Waals surface area contributed by atoms with E-state index in [-0.39, 0.29) is 11.8 Å². The number of ether oxygens (including phenoxy) is 1. The maximum atomic E-state index is 11.3. The van der Waals surface area contributed by atoms with Gasteiger partial charge in [0.1, 0.15) is 11.6 Å². The van der Waals surface area contributed by atoms with E-state index in [0.29, 0.717) is 34.0 Å². The fourth-order valence-corrected chi connectivity index (χ4v) is 6.41. The zero-order valence-electron chi connectivity index (χ0n) is 26.4. The number of carbonyl (C=O) groups is 2. The second kappa shape index (κ2) is 15.9. The first-order valence-electron chi connectivity index (χ1n) is 15.9. The van der Waals surface area contributed by atoms with E-state index in [4.69, 9.17) is 38.0 Å². The van der Waals surface area contributed by atoms with Crippen molar-refractivity contribution >= 4 is 40.9 Å². The van der Waals surface area contributed by atoms with Crippen molar-refractivity contribution < 1.29 is 19.4 Å². The van der Waals surface area contributed by atoms with Crippen molar-refractivity contribution in [3.63, 3.8) is 0 Å². The summed E-state index contributed by atoms with van der Waals surface area (Å²) in [4.78, 5) is 38.9. The third-order valence-corrected chi connectivity index (χ3v) is 9.15. The molecule has 2 aliphatic rings. The Balaban J connectivity index is 1.24. The highest BCUT2D eigenvalue weighted by molar-refractivity contribution is 6.35. The van der Waals surface area contributed by atoms with Crippen LogP contribution in [0.4, 0.5) is 5.82 Å². The molecular formula is C34H42Cl2N6O4. The van der Waals surface area contributed by atoms with Crippen molar-refractivity contribution in [2.75, 3.05) is 57.3 Å². The van der Waals surface area contributed by atoms with Crippen LogP contribution >= 0.6 is 23.2 Å². The number of pyridine rings is 2. The Morgan fingerprint density at radius 2 is 1.72 bits per heavy atom. The van der Waals surface area contributed by atoms with Crippen LogP contribution in [0.25, 0.3) is 11.3 Å². The van der Waals surface area contributed by atoms with E-state index in [1.165, 1.54) is 0 Å². The molecule has 0 aliphatic carbocycles. The quantitative estimate of drug-likeness (QED) is 0.246. The number of rotatable bonds is 12.